The molecule has 1 aliphatic rings. The average molecular weight is 217 g/mol. The van der Waals surface area contributed by atoms with Crippen LogP contribution in [0.1, 0.15) is 6.92 Å². The van der Waals surface area contributed by atoms with Crippen molar-refractivity contribution >= 4 is 16.6 Å². The van der Waals surface area contributed by atoms with Crippen LogP contribution in [0.5, 0.6) is 0 Å². The number of hydrogen-bond donors (Lipinski definition) is 2. The Balaban J connectivity index is 1.81. The Hall–Kier alpha value is -1.55. The molecule has 1 aliphatic heterocycles. The molecule has 3 rings (SSSR count). The highest BCUT2D eigenvalue weighted by atomic mass is 16.5. The topological polar surface area (TPSA) is 49.9 Å². The molecule has 1 fully saturated rings. The van der Waals surface area contributed by atoms with Gasteiger partial charge in [-0.15, -0.1) is 0 Å². The van der Waals surface area contributed by atoms with Crippen LogP contribution in [0.4, 0.5) is 5.69 Å². The minimum absolute atomic E-state index is 0.284. The SMILES string of the molecule is CC1(CNc2cccc3[nH]ncc23)COC1. The number of fused-ring (bicyclic) bond motifs is 1. The highest BCUT2D eigenvalue weighted by Gasteiger charge is 2.33. The van der Waals surface area contributed by atoms with E-state index in [-0.39, 0.29) is 5.41 Å². The summed E-state index contributed by atoms with van der Waals surface area (Å²) in [6.45, 7) is 4.87. The molecule has 0 aliphatic carbocycles. The summed E-state index contributed by atoms with van der Waals surface area (Å²) < 4.78 is 5.24. The van der Waals surface area contributed by atoms with Crippen molar-refractivity contribution < 1.29 is 4.74 Å². The van der Waals surface area contributed by atoms with Gasteiger partial charge in [-0.3, -0.25) is 5.10 Å². The number of H-pyrrole nitrogens is 1. The minimum atomic E-state index is 0.284. The molecule has 1 aromatic heterocycles. The molecule has 84 valence electrons. The van der Waals surface area contributed by atoms with Gasteiger partial charge >= 0.3 is 0 Å². The lowest BCUT2D eigenvalue weighted by Crippen LogP contribution is -2.45. The minimum Gasteiger partial charge on any atom is -0.384 e. The lowest BCUT2D eigenvalue weighted by molar-refractivity contribution is -0.0924. The zero-order valence-corrected chi connectivity index (χ0v) is 9.29. The van der Waals surface area contributed by atoms with Crippen molar-refractivity contribution in [3.05, 3.63) is 24.4 Å². The Morgan fingerprint density at radius 1 is 1.50 bits per heavy atom. The van der Waals surface area contributed by atoms with Gasteiger partial charge in [0.15, 0.2) is 0 Å². The van der Waals surface area contributed by atoms with Gasteiger partial charge in [-0.2, -0.15) is 5.10 Å². The standard InChI is InChI=1S/C12H15N3O/c1-12(7-16-8-12)6-13-10-3-2-4-11-9(10)5-14-15-11/h2-5,13H,6-8H2,1H3,(H,14,15). The zero-order chi connectivity index (χ0) is 11.0. The Morgan fingerprint density at radius 3 is 3.12 bits per heavy atom. The number of nitrogens with one attached hydrogen (secondary N) is 2. The summed E-state index contributed by atoms with van der Waals surface area (Å²) in [5.74, 6) is 0. The van der Waals surface area contributed by atoms with Crippen LogP contribution in [0.15, 0.2) is 24.4 Å². The molecule has 0 saturated carbocycles. The van der Waals surface area contributed by atoms with Gasteiger partial charge in [0.25, 0.3) is 0 Å². The van der Waals surface area contributed by atoms with Crippen LogP contribution in [-0.4, -0.2) is 30.0 Å². The van der Waals surface area contributed by atoms with Crippen LogP contribution in [-0.2, 0) is 4.74 Å². The number of aromatic nitrogens is 2. The smallest absolute Gasteiger partial charge is 0.0671 e. The summed E-state index contributed by atoms with van der Waals surface area (Å²) in [4.78, 5) is 0. The van der Waals surface area contributed by atoms with Crippen molar-refractivity contribution in [3.8, 4) is 0 Å². The highest BCUT2D eigenvalue weighted by Crippen LogP contribution is 2.28. The summed E-state index contributed by atoms with van der Waals surface area (Å²) in [5, 5.41) is 11.6. The first kappa shape index (κ1) is 9.66. The maximum Gasteiger partial charge on any atom is 0.0671 e. The van der Waals surface area contributed by atoms with Crippen LogP contribution < -0.4 is 5.32 Å². The van der Waals surface area contributed by atoms with E-state index in [0.29, 0.717) is 0 Å². The monoisotopic (exact) mass is 217 g/mol. The van der Waals surface area contributed by atoms with Crippen LogP contribution in [0.3, 0.4) is 0 Å². The number of ether oxygens (including phenoxy) is 1. The van der Waals surface area contributed by atoms with Crippen molar-refractivity contribution in [3.63, 3.8) is 0 Å². The van der Waals surface area contributed by atoms with Gasteiger partial charge < -0.3 is 10.1 Å². The number of anilines is 1. The fourth-order valence-corrected chi connectivity index (χ4v) is 1.98. The Kier molecular flexibility index (Phi) is 2.11. The van der Waals surface area contributed by atoms with Crippen LogP contribution >= 0.6 is 0 Å². The molecule has 0 amide bonds. The first-order valence-electron chi connectivity index (χ1n) is 5.51. The van der Waals surface area contributed by atoms with E-state index >= 15 is 0 Å². The molecular weight excluding hydrogens is 202 g/mol. The fraction of sp³-hybridized carbons (Fsp3) is 0.417. The van der Waals surface area contributed by atoms with Crippen molar-refractivity contribution in [2.24, 2.45) is 5.41 Å². The van der Waals surface area contributed by atoms with Gasteiger partial charge in [0.05, 0.1) is 24.9 Å². The van der Waals surface area contributed by atoms with Crippen molar-refractivity contribution in [2.75, 3.05) is 25.1 Å². The Labute approximate surface area is 94.0 Å². The first-order valence-corrected chi connectivity index (χ1v) is 5.51. The van der Waals surface area contributed by atoms with E-state index in [2.05, 4.69) is 28.5 Å². The molecule has 0 unspecified atom stereocenters. The molecule has 16 heavy (non-hydrogen) atoms. The summed E-state index contributed by atoms with van der Waals surface area (Å²) in [6, 6.07) is 6.14. The lowest BCUT2D eigenvalue weighted by Gasteiger charge is -2.38. The van der Waals surface area contributed by atoms with E-state index in [1.54, 1.807) is 0 Å². The molecule has 1 aromatic carbocycles. The fourth-order valence-electron chi connectivity index (χ4n) is 1.98. The first-order chi connectivity index (χ1) is 7.77. The van der Waals surface area contributed by atoms with Gasteiger partial charge in [-0.05, 0) is 12.1 Å². The summed E-state index contributed by atoms with van der Waals surface area (Å²) in [6.07, 6.45) is 1.86. The van der Waals surface area contributed by atoms with E-state index in [9.17, 15) is 0 Å². The lowest BCUT2D eigenvalue weighted by atomic mass is 9.88. The van der Waals surface area contributed by atoms with Gasteiger partial charge in [0.1, 0.15) is 0 Å². The maximum absolute atomic E-state index is 5.24. The van der Waals surface area contributed by atoms with Crippen molar-refractivity contribution in [1.82, 2.24) is 10.2 Å². The average Bonchev–Trinajstić information content (AvgIpc) is 2.72. The second-order valence-corrected chi connectivity index (χ2v) is 4.79. The number of benzene rings is 1. The van der Waals surface area contributed by atoms with Gasteiger partial charge in [-0.25, -0.2) is 0 Å². The number of aromatic amines is 1. The van der Waals surface area contributed by atoms with Crippen molar-refractivity contribution in [1.29, 1.82) is 0 Å². The molecule has 1 saturated heterocycles. The molecule has 0 bridgehead atoms. The predicted molar refractivity (Wildman–Crippen MR) is 63.5 cm³/mol. The molecule has 2 aromatic rings. The van der Waals surface area contributed by atoms with Gasteiger partial charge in [0, 0.05) is 23.0 Å². The van der Waals surface area contributed by atoms with E-state index in [1.165, 1.54) is 0 Å². The molecule has 4 heteroatoms. The third-order valence-corrected chi connectivity index (χ3v) is 3.09. The largest absolute Gasteiger partial charge is 0.384 e. The maximum atomic E-state index is 5.24. The zero-order valence-electron chi connectivity index (χ0n) is 9.29. The molecule has 2 N–H and O–H groups in total. The third kappa shape index (κ3) is 1.55. The molecule has 4 nitrogen and oxygen atoms in total. The van der Waals surface area contributed by atoms with Crippen LogP contribution in [0, 0.1) is 5.41 Å². The third-order valence-electron chi connectivity index (χ3n) is 3.09. The summed E-state index contributed by atoms with van der Waals surface area (Å²) in [5.41, 5.74) is 2.49. The quantitative estimate of drug-likeness (QED) is 0.826. The van der Waals surface area contributed by atoms with Gasteiger partial charge in [0.2, 0.25) is 0 Å². The Morgan fingerprint density at radius 2 is 2.38 bits per heavy atom. The van der Waals surface area contributed by atoms with Crippen LogP contribution in [0.2, 0.25) is 0 Å². The summed E-state index contributed by atoms with van der Waals surface area (Å²) in [7, 11) is 0. The normalized spacial score (nSPS) is 18.3. The van der Waals surface area contributed by atoms with E-state index in [4.69, 9.17) is 4.74 Å². The molecule has 2 heterocycles. The second-order valence-electron chi connectivity index (χ2n) is 4.79. The number of rotatable bonds is 3. The molecule has 0 atom stereocenters. The second kappa shape index (κ2) is 3.49. The van der Waals surface area contributed by atoms with E-state index in [0.717, 1.165) is 36.3 Å². The van der Waals surface area contributed by atoms with E-state index < -0.39 is 0 Å². The number of nitrogens with zero attached hydrogens (tertiary/aromatic N) is 1. The number of hydrogen-bond acceptors (Lipinski definition) is 3. The van der Waals surface area contributed by atoms with E-state index in [1.807, 2.05) is 18.3 Å². The molecule has 0 radical (unpaired) electrons. The molecular formula is C12H15N3O. The highest BCUT2D eigenvalue weighted by molar-refractivity contribution is 5.90. The van der Waals surface area contributed by atoms with Gasteiger partial charge in [-0.1, -0.05) is 13.0 Å². The predicted octanol–water partition coefficient (Wildman–Crippen LogP) is 2.01. The summed E-state index contributed by atoms with van der Waals surface area (Å²) >= 11 is 0. The van der Waals surface area contributed by atoms with Crippen molar-refractivity contribution in [2.45, 2.75) is 6.92 Å². The van der Waals surface area contributed by atoms with Crippen LogP contribution in [0.25, 0.3) is 10.9 Å². The molecule has 0 spiro atoms. The Bertz CT molecular complexity index is 502.